The number of piperidine rings is 1. The number of nitrogens with one attached hydrogen (secondary N) is 3. The summed E-state index contributed by atoms with van der Waals surface area (Å²) in [6.45, 7) is 4.10. The lowest BCUT2D eigenvalue weighted by molar-refractivity contribution is 0.0661. The molecular weight excluding hydrogens is 516 g/mol. The molecule has 8 heteroatoms. The summed E-state index contributed by atoms with van der Waals surface area (Å²) >= 11 is 0. The van der Waals surface area contributed by atoms with E-state index < -0.39 is 0 Å². The number of ether oxygens (including phenoxy) is 2. The predicted molar refractivity (Wildman–Crippen MR) is 162 cm³/mol. The lowest BCUT2D eigenvalue weighted by Gasteiger charge is -2.36. The Balaban J connectivity index is 1.09. The third kappa shape index (κ3) is 7.38. The monoisotopic (exact) mass is 556 g/mol. The minimum absolute atomic E-state index is 0.162. The second-order valence-corrected chi connectivity index (χ2v) is 11.0. The average Bonchev–Trinajstić information content (AvgIpc) is 3.18. The van der Waals surface area contributed by atoms with Crippen LogP contribution in [0.2, 0.25) is 0 Å². The number of urea groups is 1. The molecular formula is C33H40N4O4. The maximum atomic E-state index is 12.8. The van der Waals surface area contributed by atoms with Gasteiger partial charge in [0.2, 0.25) is 0 Å². The molecule has 8 nitrogen and oxygen atoms in total. The molecule has 0 aliphatic carbocycles. The summed E-state index contributed by atoms with van der Waals surface area (Å²) in [6.07, 6.45) is 6.67. The van der Waals surface area contributed by atoms with Gasteiger partial charge in [-0.2, -0.15) is 0 Å². The van der Waals surface area contributed by atoms with Crippen LogP contribution in [0.1, 0.15) is 62.7 Å². The van der Waals surface area contributed by atoms with E-state index in [9.17, 15) is 9.59 Å². The fourth-order valence-corrected chi connectivity index (χ4v) is 5.73. The number of carbonyl (C=O) groups excluding carboxylic acids is 2. The third-order valence-electron chi connectivity index (χ3n) is 8.26. The molecule has 0 aromatic heterocycles. The molecule has 0 radical (unpaired) electrons. The number of rotatable bonds is 10. The maximum Gasteiger partial charge on any atom is 0.319 e. The van der Waals surface area contributed by atoms with Gasteiger partial charge in [-0.25, -0.2) is 4.79 Å². The van der Waals surface area contributed by atoms with Crippen molar-refractivity contribution in [2.24, 2.45) is 0 Å². The van der Waals surface area contributed by atoms with Crippen LogP contribution in [0.25, 0.3) is 0 Å². The smallest absolute Gasteiger partial charge is 0.319 e. The van der Waals surface area contributed by atoms with Crippen molar-refractivity contribution in [3.05, 3.63) is 78.4 Å². The van der Waals surface area contributed by atoms with E-state index in [-0.39, 0.29) is 24.1 Å². The Bertz CT molecular complexity index is 1290. The summed E-state index contributed by atoms with van der Waals surface area (Å²) < 4.78 is 12.2. The molecule has 2 unspecified atom stereocenters. The molecule has 2 saturated heterocycles. The summed E-state index contributed by atoms with van der Waals surface area (Å²) in [4.78, 5) is 27.4. The number of carbonyl (C=O) groups is 2. The van der Waals surface area contributed by atoms with Crippen molar-refractivity contribution in [3.8, 4) is 17.2 Å². The largest absolute Gasteiger partial charge is 0.490 e. The van der Waals surface area contributed by atoms with E-state index in [0.717, 1.165) is 31.4 Å². The van der Waals surface area contributed by atoms with Gasteiger partial charge in [0.1, 0.15) is 23.4 Å². The molecule has 2 atom stereocenters. The first-order chi connectivity index (χ1) is 19.9. The number of benzene rings is 3. The van der Waals surface area contributed by atoms with E-state index in [1.54, 1.807) is 60.7 Å². The molecule has 0 saturated carbocycles. The van der Waals surface area contributed by atoms with Crippen molar-refractivity contribution in [2.45, 2.75) is 76.6 Å². The van der Waals surface area contributed by atoms with Gasteiger partial charge in [0.25, 0.3) is 5.91 Å². The Morgan fingerprint density at radius 1 is 0.780 bits per heavy atom. The van der Waals surface area contributed by atoms with Crippen molar-refractivity contribution >= 4 is 23.3 Å². The summed E-state index contributed by atoms with van der Waals surface area (Å²) in [7, 11) is 2.23. The number of anilines is 2. The molecule has 2 heterocycles. The zero-order chi connectivity index (χ0) is 28.8. The predicted octanol–water partition coefficient (Wildman–Crippen LogP) is 7.05. The fraction of sp³-hybridized carbons (Fsp3) is 0.394. The number of hydrogen-bond acceptors (Lipinski definition) is 5. The van der Waals surface area contributed by atoms with E-state index in [1.807, 2.05) is 12.1 Å². The number of fused-ring (bicyclic) bond motifs is 2. The highest BCUT2D eigenvalue weighted by atomic mass is 16.5. The Kier molecular flexibility index (Phi) is 9.09. The normalized spacial score (nSPS) is 20.0. The maximum absolute atomic E-state index is 12.8. The van der Waals surface area contributed by atoms with Gasteiger partial charge in [-0.15, -0.1) is 0 Å². The molecule has 2 fully saturated rings. The Labute approximate surface area is 242 Å². The lowest BCUT2D eigenvalue weighted by atomic mass is 10.0. The van der Waals surface area contributed by atoms with E-state index in [2.05, 4.69) is 41.7 Å². The number of nitrogens with zero attached hydrogens (tertiary/aromatic N) is 1. The molecule has 3 aromatic carbocycles. The first-order valence-electron chi connectivity index (χ1n) is 14.7. The topological polar surface area (TPSA) is 91.9 Å². The van der Waals surface area contributed by atoms with Gasteiger partial charge in [-0.1, -0.05) is 13.8 Å². The second-order valence-electron chi connectivity index (χ2n) is 11.0. The zero-order valence-corrected chi connectivity index (χ0v) is 24.1. The van der Waals surface area contributed by atoms with Crippen LogP contribution in [0.4, 0.5) is 16.2 Å². The van der Waals surface area contributed by atoms with Gasteiger partial charge >= 0.3 is 6.03 Å². The van der Waals surface area contributed by atoms with Crippen LogP contribution in [0.5, 0.6) is 17.2 Å². The van der Waals surface area contributed by atoms with Crippen molar-refractivity contribution in [1.82, 2.24) is 10.2 Å². The van der Waals surface area contributed by atoms with Crippen LogP contribution in [-0.4, -0.2) is 48.1 Å². The highest BCUT2D eigenvalue weighted by Gasteiger charge is 2.39. The molecule has 2 bridgehead atoms. The third-order valence-corrected chi connectivity index (χ3v) is 8.26. The zero-order valence-electron chi connectivity index (χ0n) is 24.1. The van der Waals surface area contributed by atoms with Gasteiger partial charge in [-0.3, -0.25) is 4.79 Å². The molecule has 3 amide bonds. The van der Waals surface area contributed by atoms with Crippen LogP contribution in [0, 0.1) is 0 Å². The van der Waals surface area contributed by atoms with Gasteiger partial charge in [0, 0.05) is 35.1 Å². The van der Waals surface area contributed by atoms with Crippen LogP contribution < -0.4 is 25.4 Å². The minimum atomic E-state index is -0.214. The first-order valence-corrected chi connectivity index (χ1v) is 14.7. The molecule has 3 N–H and O–H groups in total. The van der Waals surface area contributed by atoms with Crippen molar-refractivity contribution in [1.29, 1.82) is 0 Å². The summed E-state index contributed by atoms with van der Waals surface area (Å²) in [5.74, 6) is 1.91. The second kappa shape index (κ2) is 13.1. The summed E-state index contributed by atoms with van der Waals surface area (Å²) in [5.41, 5.74) is 1.93. The number of amides is 3. The summed E-state index contributed by atoms with van der Waals surface area (Å²) in [5, 5.41) is 8.73. The van der Waals surface area contributed by atoms with Gasteiger partial charge in [0.05, 0.1) is 0 Å². The highest BCUT2D eigenvalue weighted by molar-refractivity contribution is 6.04. The van der Waals surface area contributed by atoms with Crippen molar-refractivity contribution in [2.75, 3.05) is 17.7 Å². The van der Waals surface area contributed by atoms with E-state index in [1.165, 1.54) is 12.8 Å². The van der Waals surface area contributed by atoms with Crippen molar-refractivity contribution in [3.63, 3.8) is 0 Å². The average molecular weight is 557 g/mol. The Hall–Kier alpha value is -4.04. The molecule has 2 aliphatic rings. The molecule has 2 aliphatic heterocycles. The van der Waals surface area contributed by atoms with Gasteiger partial charge in [-0.05, 0) is 118 Å². The quantitative estimate of drug-likeness (QED) is 0.249. The Morgan fingerprint density at radius 3 is 1.83 bits per heavy atom. The van der Waals surface area contributed by atoms with Gasteiger partial charge < -0.3 is 30.3 Å². The highest BCUT2D eigenvalue weighted by Crippen LogP contribution is 2.36. The molecule has 41 heavy (non-hydrogen) atoms. The molecule has 3 aromatic rings. The van der Waals surface area contributed by atoms with Gasteiger partial charge in [0.15, 0.2) is 0 Å². The van der Waals surface area contributed by atoms with E-state index in [4.69, 9.17) is 9.47 Å². The first kappa shape index (κ1) is 28.5. The van der Waals surface area contributed by atoms with E-state index in [0.29, 0.717) is 40.5 Å². The lowest BCUT2D eigenvalue weighted by Crippen LogP contribution is -2.43. The van der Waals surface area contributed by atoms with Crippen LogP contribution in [0.15, 0.2) is 72.8 Å². The van der Waals surface area contributed by atoms with Crippen LogP contribution in [-0.2, 0) is 0 Å². The number of hydrogen-bond donors (Lipinski definition) is 3. The minimum Gasteiger partial charge on any atom is -0.490 e. The molecule has 216 valence electrons. The molecule has 5 rings (SSSR count). The molecule has 0 spiro atoms. The van der Waals surface area contributed by atoms with Crippen LogP contribution in [0.3, 0.4) is 0 Å². The summed E-state index contributed by atoms with van der Waals surface area (Å²) in [6, 6.07) is 23.0. The standard InChI is InChI=1S/C33H40N4O4/c1-4-23(5-2)35-33(39)36-25-10-18-30(19-11-25)40-29-16-8-24(9-17-29)34-32(38)22-6-14-28(15-7-22)41-31-20-26-12-13-27(21-31)37(26)3/h6-11,14-19,23,26-27,31H,4-5,12-13,20-21H2,1-3H3,(H,34,38)(H2,35,36,39). The Morgan fingerprint density at radius 2 is 1.29 bits per heavy atom. The fourth-order valence-electron chi connectivity index (χ4n) is 5.73. The SMILES string of the molecule is CCC(CC)NC(=O)Nc1ccc(Oc2ccc(NC(=O)c3ccc(OC4CC5CCC(C4)N5C)cc3)cc2)cc1. The van der Waals surface area contributed by atoms with Crippen LogP contribution >= 0.6 is 0 Å². The van der Waals surface area contributed by atoms with E-state index >= 15 is 0 Å². The van der Waals surface area contributed by atoms with Crippen molar-refractivity contribution < 1.29 is 19.1 Å².